The summed E-state index contributed by atoms with van der Waals surface area (Å²) in [6.07, 6.45) is 5.58. The second-order valence-electron chi connectivity index (χ2n) is 21.0. The van der Waals surface area contributed by atoms with Crippen molar-refractivity contribution in [3.8, 4) is 0 Å². The van der Waals surface area contributed by atoms with Crippen LogP contribution in [0.5, 0.6) is 0 Å². The smallest absolute Gasteiger partial charge is 0.313 e. The zero-order chi connectivity index (χ0) is 45.3. The van der Waals surface area contributed by atoms with Crippen molar-refractivity contribution in [2.75, 3.05) is 6.61 Å². The Kier molecular flexibility index (Phi) is 12.4. The molecule has 0 radical (unpaired) electrons. The molecule has 0 unspecified atom stereocenters. The SMILES string of the molecule is CC(=O)OC[C@H]1O[C@@H](n2cc(COC(=O)[C@]34CC[C@@H](C)[C@H](C)[C@H]3C3=CC[C@@H]5[C@@]6(C)CC[C@H](O)C(C)(C)[C@@H]6CC[C@@]5(C)[C@]3(C)CC4)nn2)[C@H](OC(C)=O)[C@@H](OC(C)=O)[C@@H]1OC(C)=O. The van der Waals surface area contributed by atoms with Crippen LogP contribution >= 0.6 is 0 Å². The first-order valence-corrected chi connectivity index (χ1v) is 22.8. The summed E-state index contributed by atoms with van der Waals surface area (Å²) in [5.41, 5.74) is 0.980. The number of carbonyl (C=O) groups is 5. The van der Waals surface area contributed by atoms with Crippen LogP contribution in [0.2, 0.25) is 0 Å². The van der Waals surface area contributed by atoms with Crippen LogP contribution in [0, 0.1) is 56.7 Å². The van der Waals surface area contributed by atoms with Crippen LogP contribution in [0.25, 0.3) is 0 Å². The number of carbonyl (C=O) groups excluding carboxylic acids is 5. The van der Waals surface area contributed by atoms with E-state index in [2.05, 4.69) is 64.9 Å². The standard InChI is InChI=1S/C47H69N3O12/c1-25-14-19-47(21-20-45(10)32(37(47)26(25)2)12-13-35-44(9)17-16-36(55)43(7,8)34(44)15-18-46(35,45)11)42(56)58-23-31-22-50(49-48-31)41-40(61-30(6)54)39(60-29(5)53)38(59-28(4)52)33(62-41)24-57-27(3)51/h12,22,25-26,33-41,55H,13-21,23-24H2,1-11H3/t25-,26+,33-,34+,35-,36+,37+,38-,39+,40-,41-,44+,45-,46-,47+/m1/s1. The molecule has 1 aromatic heterocycles. The van der Waals surface area contributed by atoms with Crippen LogP contribution in [0.1, 0.15) is 146 Å². The van der Waals surface area contributed by atoms with E-state index in [1.807, 2.05) is 0 Å². The first-order valence-electron chi connectivity index (χ1n) is 22.8. The molecule has 15 nitrogen and oxygen atoms in total. The number of esters is 5. The molecule has 15 atom stereocenters. The third kappa shape index (κ3) is 7.58. The summed E-state index contributed by atoms with van der Waals surface area (Å²) in [6.45, 7) is 20.9. The van der Waals surface area contributed by atoms with E-state index in [0.717, 1.165) is 71.6 Å². The van der Waals surface area contributed by atoms with E-state index >= 15 is 0 Å². The molecule has 1 saturated heterocycles. The first-order chi connectivity index (χ1) is 29.0. The Morgan fingerprint density at radius 3 is 2.11 bits per heavy atom. The second kappa shape index (κ2) is 16.6. The minimum Gasteiger partial charge on any atom is -0.463 e. The summed E-state index contributed by atoms with van der Waals surface area (Å²) in [5, 5.41) is 19.7. The normalized spacial score (nSPS) is 42.0. The monoisotopic (exact) mass is 867 g/mol. The summed E-state index contributed by atoms with van der Waals surface area (Å²) in [7, 11) is 0. The molecule has 4 saturated carbocycles. The lowest BCUT2D eigenvalue weighted by atomic mass is 9.33. The van der Waals surface area contributed by atoms with E-state index in [1.165, 1.54) is 30.3 Å². The lowest BCUT2D eigenvalue weighted by Crippen LogP contribution is -2.65. The fraction of sp³-hybridized carbons (Fsp3) is 0.809. The van der Waals surface area contributed by atoms with Crippen LogP contribution in [0.15, 0.2) is 17.8 Å². The van der Waals surface area contributed by atoms with E-state index in [0.29, 0.717) is 23.4 Å². The lowest BCUT2D eigenvalue weighted by Gasteiger charge is -2.71. The summed E-state index contributed by atoms with van der Waals surface area (Å²) < 4.78 is 35.7. The number of aliphatic hydroxyl groups is 1. The highest BCUT2D eigenvalue weighted by atomic mass is 16.7. The number of rotatable bonds is 9. The van der Waals surface area contributed by atoms with Crippen molar-refractivity contribution in [2.45, 2.75) is 177 Å². The van der Waals surface area contributed by atoms with Gasteiger partial charge in [-0.05, 0) is 109 Å². The zero-order valence-electron chi connectivity index (χ0n) is 38.6. The van der Waals surface area contributed by atoms with Crippen molar-refractivity contribution in [3.05, 3.63) is 23.5 Å². The van der Waals surface area contributed by atoms with E-state index < -0.39 is 59.9 Å². The number of aliphatic hydroxyl groups excluding tert-OH is 1. The maximum Gasteiger partial charge on any atom is 0.313 e. The van der Waals surface area contributed by atoms with Crippen molar-refractivity contribution >= 4 is 29.8 Å². The van der Waals surface area contributed by atoms with Gasteiger partial charge in [0.25, 0.3) is 0 Å². The summed E-state index contributed by atoms with van der Waals surface area (Å²) in [6, 6.07) is 0. The van der Waals surface area contributed by atoms with Crippen LogP contribution in [0.4, 0.5) is 0 Å². The van der Waals surface area contributed by atoms with Gasteiger partial charge in [0.1, 0.15) is 25.0 Å². The molecular formula is C47H69N3O12. The fourth-order valence-electron chi connectivity index (χ4n) is 14.0. The molecular weight excluding hydrogens is 799 g/mol. The van der Waals surface area contributed by atoms with Gasteiger partial charge in [-0.15, -0.1) is 5.10 Å². The molecule has 15 heteroatoms. The van der Waals surface area contributed by atoms with Crippen LogP contribution < -0.4 is 0 Å². The van der Waals surface area contributed by atoms with Gasteiger partial charge in [0.05, 0.1) is 17.7 Å². The number of aromatic nitrogens is 3. The number of ether oxygens (including phenoxy) is 6. The average molecular weight is 868 g/mol. The Morgan fingerprint density at radius 2 is 1.45 bits per heavy atom. The van der Waals surface area contributed by atoms with E-state index in [4.69, 9.17) is 28.4 Å². The topological polar surface area (TPSA) is 192 Å². The molecule has 0 spiro atoms. The van der Waals surface area contributed by atoms with Gasteiger partial charge >= 0.3 is 29.8 Å². The van der Waals surface area contributed by atoms with Gasteiger partial charge in [-0.1, -0.05) is 65.3 Å². The molecule has 1 N–H and O–H groups in total. The molecule has 0 amide bonds. The Bertz CT molecular complexity index is 1960. The Balaban J connectivity index is 1.15. The van der Waals surface area contributed by atoms with Gasteiger partial charge in [-0.2, -0.15) is 0 Å². The minimum atomic E-state index is -1.37. The first kappa shape index (κ1) is 46.2. The Morgan fingerprint density at radius 1 is 0.790 bits per heavy atom. The van der Waals surface area contributed by atoms with E-state index in [9.17, 15) is 29.1 Å². The molecule has 1 aromatic rings. The van der Waals surface area contributed by atoms with Gasteiger partial charge in [0.15, 0.2) is 24.5 Å². The molecule has 2 heterocycles. The minimum absolute atomic E-state index is 0.0266. The third-order valence-corrected chi connectivity index (χ3v) is 17.5. The molecule has 7 rings (SSSR count). The summed E-state index contributed by atoms with van der Waals surface area (Å²) in [4.78, 5) is 63.7. The van der Waals surface area contributed by atoms with Crippen molar-refractivity contribution in [1.29, 1.82) is 0 Å². The molecule has 0 aromatic carbocycles. The van der Waals surface area contributed by atoms with E-state index in [-0.39, 0.29) is 58.8 Å². The fourth-order valence-corrected chi connectivity index (χ4v) is 14.0. The zero-order valence-corrected chi connectivity index (χ0v) is 38.6. The molecule has 6 aliphatic rings. The van der Waals surface area contributed by atoms with Crippen molar-refractivity contribution in [2.24, 2.45) is 56.7 Å². The van der Waals surface area contributed by atoms with Gasteiger partial charge in [-0.25, -0.2) is 4.68 Å². The Labute approximate surface area is 365 Å². The van der Waals surface area contributed by atoms with E-state index in [1.54, 1.807) is 0 Å². The molecule has 0 bridgehead atoms. The quantitative estimate of drug-likeness (QED) is 0.159. The molecule has 1 aliphatic heterocycles. The molecule has 5 fully saturated rings. The highest BCUT2D eigenvalue weighted by Gasteiger charge is 2.69. The summed E-state index contributed by atoms with van der Waals surface area (Å²) >= 11 is 0. The van der Waals surface area contributed by atoms with Crippen molar-refractivity contribution in [1.82, 2.24) is 15.0 Å². The second-order valence-corrected chi connectivity index (χ2v) is 21.0. The van der Waals surface area contributed by atoms with Gasteiger partial charge < -0.3 is 33.5 Å². The number of fused-ring (bicyclic) bond motifs is 7. The highest BCUT2D eigenvalue weighted by Crippen LogP contribution is 2.76. The predicted octanol–water partition coefficient (Wildman–Crippen LogP) is 6.60. The largest absolute Gasteiger partial charge is 0.463 e. The predicted molar refractivity (Wildman–Crippen MR) is 222 cm³/mol. The Hall–Kier alpha value is -3.85. The number of nitrogens with zero attached hydrogens (tertiary/aromatic N) is 3. The van der Waals surface area contributed by atoms with Crippen molar-refractivity contribution < 1.29 is 57.5 Å². The van der Waals surface area contributed by atoms with Gasteiger partial charge in [0, 0.05) is 27.7 Å². The molecule has 344 valence electrons. The molecule has 5 aliphatic carbocycles. The summed E-state index contributed by atoms with van der Waals surface area (Å²) in [5.74, 6) is -1.42. The van der Waals surface area contributed by atoms with Crippen LogP contribution in [0.3, 0.4) is 0 Å². The third-order valence-electron chi connectivity index (χ3n) is 17.5. The van der Waals surface area contributed by atoms with Gasteiger partial charge in [0.2, 0.25) is 0 Å². The van der Waals surface area contributed by atoms with Gasteiger partial charge in [-0.3, -0.25) is 24.0 Å². The average Bonchev–Trinajstić information content (AvgIpc) is 3.66. The van der Waals surface area contributed by atoms with Crippen LogP contribution in [-0.2, 0) is 59.0 Å². The van der Waals surface area contributed by atoms with Crippen LogP contribution in [-0.4, -0.2) is 87.1 Å². The number of hydrogen-bond acceptors (Lipinski definition) is 14. The molecule has 62 heavy (non-hydrogen) atoms. The highest BCUT2D eigenvalue weighted by molar-refractivity contribution is 5.79. The number of hydrogen-bond donors (Lipinski definition) is 1. The maximum atomic E-state index is 14.8. The lowest BCUT2D eigenvalue weighted by molar-refractivity contribution is -0.270. The maximum absolute atomic E-state index is 14.8. The number of allylic oxidation sites excluding steroid dienone is 2. The van der Waals surface area contributed by atoms with Crippen molar-refractivity contribution in [3.63, 3.8) is 0 Å².